The lowest BCUT2D eigenvalue weighted by Gasteiger charge is -2.18. The fourth-order valence-electron chi connectivity index (χ4n) is 3.29. The second-order valence-corrected chi connectivity index (χ2v) is 6.60. The average molecular weight is 327 g/mol. The Labute approximate surface area is 143 Å². The number of nitrogens with one attached hydrogen (secondary N) is 2. The van der Waals surface area contributed by atoms with Crippen molar-refractivity contribution in [2.45, 2.75) is 38.6 Å². The minimum Gasteiger partial charge on any atom is -0.338 e. The Morgan fingerprint density at radius 1 is 1.29 bits per heavy atom. The van der Waals surface area contributed by atoms with Crippen molar-refractivity contribution in [2.75, 3.05) is 18.4 Å². The average Bonchev–Trinajstić information content (AvgIpc) is 2.99. The van der Waals surface area contributed by atoms with Crippen molar-refractivity contribution >= 4 is 17.6 Å². The molecule has 128 valence electrons. The maximum atomic E-state index is 12.1. The van der Waals surface area contributed by atoms with Gasteiger partial charge in [-0.05, 0) is 49.3 Å². The molecule has 0 aromatic heterocycles. The Kier molecular flexibility index (Phi) is 5.51. The number of benzene rings is 1. The molecule has 2 N–H and O–H groups in total. The number of amides is 3. The van der Waals surface area contributed by atoms with E-state index in [9.17, 15) is 9.59 Å². The van der Waals surface area contributed by atoms with E-state index in [0.717, 1.165) is 43.5 Å². The summed E-state index contributed by atoms with van der Waals surface area (Å²) in [5, 5.41) is 5.84. The normalized spacial score (nSPS) is 20.2. The smallest absolute Gasteiger partial charge is 0.319 e. The standard InChI is InChI=1S/C19H25N3O2/c23-18-10-5-11-22(18)14-16-8-4-9-17(12-16)21-19(24)20-13-15-6-2-1-3-7-15/h1-2,4,8-9,12,15H,3,5-7,10-11,13-14H2,(H2,20,21,24)/t15-/m1/s1. The number of urea groups is 1. The van der Waals surface area contributed by atoms with Gasteiger partial charge in [0.05, 0.1) is 0 Å². The molecular formula is C19H25N3O2. The Bertz CT molecular complexity index is 627. The lowest BCUT2D eigenvalue weighted by molar-refractivity contribution is -0.128. The van der Waals surface area contributed by atoms with E-state index in [0.29, 0.717) is 25.4 Å². The zero-order chi connectivity index (χ0) is 16.8. The first kappa shape index (κ1) is 16.6. The number of likely N-dealkylation sites (tertiary alicyclic amines) is 1. The van der Waals surface area contributed by atoms with E-state index in [1.807, 2.05) is 29.2 Å². The molecule has 5 nitrogen and oxygen atoms in total. The lowest BCUT2D eigenvalue weighted by atomic mass is 9.94. The van der Waals surface area contributed by atoms with Gasteiger partial charge in [0.15, 0.2) is 0 Å². The summed E-state index contributed by atoms with van der Waals surface area (Å²) in [4.78, 5) is 25.6. The molecule has 3 amide bonds. The molecule has 1 aliphatic heterocycles. The molecule has 3 rings (SSSR count). The molecule has 1 fully saturated rings. The summed E-state index contributed by atoms with van der Waals surface area (Å²) in [5.41, 5.74) is 1.81. The molecular weight excluding hydrogens is 302 g/mol. The maximum absolute atomic E-state index is 12.1. The summed E-state index contributed by atoms with van der Waals surface area (Å²) in [7, 11) is 0. The van der Waals surface area contributed by atoms with Gasteiger partial charge in [-0.1, -0.05) is 24.3 Å². The van der Waals surface area contributed by atoms with Crippen LogP contribution >= 0.6 is 0 Å². The molecule has 1 heterocycles. The van der Waals surface area contributed by atoms with E-state index in [1.165, 1.54) is 0 Å². The number of carbonyl (C=O) groups is 2. The van der Waals surface area contributed by atoms with E-state index in [-0.39, 0.29) is 11.9 Å². The molecule has 1 aliphatic carbocycles. The maximum Gasteiger partial charge on any atom is 0.319 e. The molecule has 0 spiro atoms. The topological polar surface area (TPSA) is 61.4 Å². The van der Waals surface area contributed by atoms with Gasteiger partial charge in [0, 0.05) is 31.7 Å². The number of allylic oxidation sites excluding steroid dienone is 2. The van der Waals surface area contributed by atoms with Crippen LogP contribution in [0.15, 0.2) is 36.4 Å². The molecule has 0 saturated carbocycles. The van der Waals surface area contributed by atoms with Crippen molar-refractivity contribution in [1.29, 1.82) is 0 Å². The fourth-order valence-corrected chi connectivity index (χ4v) is 3.29. The molecule has 1 aromatic carbocycles. The van der Waals surface area contributed by atoms with E-state index in [4.69, 9.17) is 0 Å². The summed E-state index contributed by atoms with van der Waals surface area (Å²) in [5.74, 6) is 0.751. The van der Waals surface area contributed by atoms with Crippen LogP contribution in [0, 0.1) is 5.92 Å². The summed E-state index contributed by atoms with van der Waals surface area (Å²) in [6.07, 6.45) is 9.26. The zero-order valence-electron chi connectivity index (χ0n) is 14.0. The highest BCUT2D eigenvalue weighted by atomic mass is 16.2. The number of hydrogen-bond acceptors (Lipinski definition) is 2. The SMILES string of the molecule is O=C(NC[C@@H]1CC=CCC1)Nc1cccc(CN2CCCC2=O)c1. The Morgan fingerprint density at radius 3 is 2.96 bits per heavy atom. The van der Waals surface area contributed by atoms with Crippen molar-refractivity contribution in [2.24, 2.45) is 5.92 Å². The van der Waals surface area contributed by atoms with Crippen LogP contribution in [0.3, 0.4) is 0 Å². The highest BCUT2D eigenvalue weighted by Crippen LogP contribution is 2.18. The van der Waals surface area contributed by atoms with Crippen molar-refractivity contribution < 1.29 is 9.59 Å². The molecule has 0 radical (unpaired) electrons. The molecule has 5 heteroatoms. The Balaban J connectivity index is 1.49. The second-order valence-electron chi connectivity index (χ2n) is 6.60. The lowest BCUT2D eigenvalue weighted by Crippen LogP contribution is -2.33. The minimum atomic E-state index is -0.168. The predicted molar refractivity (Wildman–Crippen MR) is 94.6 cm³/mol. The van der Waals surface area contributed by atoms with Gasteiger partial charge in [-0.3, -0.25) is 4.79 Å². The number of anilines is 1. The van der Waals surface area contributed by atoms with E-state index < -0.39 is 0 Å². The number of rotatable bonds is 5. The van der Waals surface area contributed by atoms with Crippen molar-refractivity contribution in [3.05, 3.63) is 42.0 Å². The largest absolute Gasteiger partial charge is 0.338 e. The van der Waals surface area contributed by atoms with Gasteiger partial charge < -0.3 is 15.5 Å². The predicted octanol–water partition coefficient (Wildman–Crippen LogP) is 3.29. The molecule has 0 unspecified atom stereocenters. The van der Waals surface area contributed by atoms with Crippen LogP contribution in [0.2, 0.25) is 0 Å². The minimum absolute atomic E-state index is 0.168. The van der Waals surface area contributed by atoms with Crippen LogP contribution in [0.1, 0.15) is 37.7 Å². The first-order valence-corrected chi connectivity index (χ1v) is 8.77. The van der Waals surface area contributed by atoms with Crippen molar-refractivity contribution in [3.8, 4) is 0 Å². The van der Waals surface area contributed by atoms with Crippen LogP contribution in [0.25, 0.3) is 0 Å². The number of nitrogens with zero attached hydrogens (tertiary/aromatic N) is 1. The Morgan fingerprint density at radius 2 is 2.21 bits per heavy atom. The summed E-state index contributed by atoms with van der Waals surface area (Å²) in [6.45, 7) is 2.15. The van der Waals surface area contributed by atoms with Gasteiger partial charge in [0.1, 0.15) is 0 Å². The van der Waals surface area contributed by atoms with Crippen LogP contribution < -0.4 is 10.6 Å². The van der Waals surface area contributed by atoms with E-state index in [1.54, 1.807) is 0 Å². The summed E-state index contributed by atoms with van der Waals surface area (Å²) < 4.78 is 0. The number of carbonyl (C=O) groups excluding carboxylic acids is 2. The number of hydrogen-bond donors (Lipinski definition) is 2. The van der Waals surface area contributed by atoms with Gasteiger partial charge in [0.25, 0.3) is 0 Å². The van der Waals surface area contributed by atoms with Gasteiger partial charge in [-0.25, -0.2) is 4.79 Å². The first-order valence-electron chi connectivity index (χ1n) is 8.77. The molecule has 1 saturated heterocycles. The van der Waals surface area contributed by atoms with Crippen LogP contribution in [0.5, 0.6) is 0 Å². The highest BCUT2D eigenvalue weighted by Gasteiger charge is 2.20. The van der Waals surface area contributed by atoms with E-state index in [2.05, 4.69) is 22.8 Å². The fraction of sp³-hybridized carbons (Fsp3) is 0.474. The third-order valence-corrected chi connectivity index (χ3v) is 4.66. The van der Waals surface area contributed by atoms with Gasteiger partial charge in [-0.2, -0.15) is 0 Å². The third-order valence-electron chi connectivity index (χ3n) is 4.66. The molecule has 2 aliphatic rings. The molecule has 1 atom stereocenters. The zero-order valence-corrected chi connectivity index (χ0v) is 14.0. The highest BCUT2D eigenvalue weighted by molar-refractivity contribution is 5.89. The second kappa shape index (κ2) is 7.99. The van der Waals surface area contributed by atoms with Gasteiger partial charge in [-0.15, -0.1) is 0 Å². The third kappa shape index (κ3) is 4.60. The quantitative estimate of drug-likeness (QED) is 0.815. The Hall–Kier alpha value is -2.30. The van der Waals surface area contributed by atoms with Crippen molar-refractivity contribution in [1.82, 2.24) is 10.2 Å². The van der Waals surface area contributed by atoms with Gasteiger partial charge >= 0.3 is 6.03 Å². The molecule has 0 bridgehead atoms. The summed E-state index contributed by atoms with van der Waals surface area (Å²) in [6, 6.07) is 7.55. The van der Waals surface area contributed by atoms with Crippen LogP contribution in [0.4, 0.5) is 10.5 Å². The first-order chi connectivity index (χ1) is 11.7. The summed E-state index contributed by atoms with van der Waals surface area (Å²) >= 11 is 0. The van der Waals surface area contributed by atoms with Crippen molar-refractivity contribution in [3.63, 3.8) is 0 Å². The van der Waals surface area contributed by atoms with E-state index >= 15 is 0 Å². The van der Waals surface area contributed by atoms with Gasteiger partial charge in [0.2, 0.25) is 5.91 Å². The molecule has 24 heavy (non-hydrogen) atoms. The molecule has 1 aromatic rings. The van der Waals surface area contributed by atoms with Crippen LogP contribution in [-0.4, -0.2) is 29.9 Å². The monoisotopic (exact) mass is 327 g/mol. The van der Waals surface area contributed by atoms with Crippen LogP contribution in [-0.2, 0) is 11.3 Å².